The Kier molecular flexibility index (Phi) is 15.0. The maximum absolute atomic E-state index is 15.4. The van der Waals surface area contributed by atoms with Crippen LogP contribution in [0.25, 0.3) is 11.3 Å². The number of alkyl halides is 1. The number of hydrogen-bond donors (Lipinski definition) is 4. The number of urea groups is 1. The summed E-state index contributed by atoms with van der Waals surface area (Å²) in [6, 6.07) is 10.3. The third-order valence-electron chi connectivity index (χ3n) is 11.2. The van der Waals surface area contributed by atoms with Gasteiger partial charge in [0.05, 0.1) is 17.0 Å². The average Bonchev–Trinajstić information content (AvgIpc) is 3.90. The molecular formula is C40H50F3N7O8S2. The number of carbonyl (C=O) groups excluding carboxylic acids is 4. The summed E-state index contributed by atoms with van der Waals surface area (Å²) in [5, 5.41) is 6.01. The highest BCUT2D eigenvalue weighted by Gasteiger charge is 2.43. The number of benzene rings is 2. The molecule has 6 atom stereocenters. The number of aromatic nitrogens is 2. The van der Waals surface area contributed by atoms with Gasteiger partial charge in [-0.1, -0.05) is 30.3 Å². The van der Waals surface area contributed by atoms with Crippen molar-refractivity contribution in [3.8, 4) is 11.3 Å². The number of rotatable bonds is 17. The number of nitrogens with one attached hydrogen (secondary N) is 3. The van der Waals surface area contributed by atoms with Crippen LogP contribution in [0, 0.1) is 23.5 Å². The van der Waals surface area contributed by atoms with E-state index in [9.17, 15) is 36.5 Å². The third kappa shape index (κ3) is 11.1. The van der Waals surface area contributed by atoms with Crippen LogP contribution in [-0.2, 0) is 35.8 Å². The van der Waals surface area contributed by atoms with E-state index >= 15 is 8.78 Å². The van der Waals surface area contributed by atoms with Crippen LogP contribution >= 0.6 is 11.8 Å². The molecule has 3 aliphatic rings. The highest BCUT2D eigenvalue weighted by atomic mass is 32.2. The summed E-state index contributed by atoms with van der Waals surface area (Å²) in [7, 11) is -4.88. The van der Waals surface area contributed by atoms with E-state index < -0.39 is 93.1 Å². The van der Waals surface area contributed by atoms with E-state index in [1.807, 2.05) is 30.3 Å². The van der Waals surface area contributed by atoms with Crippen molar-refractivity contribution in [2.24, 2.45) is 11.8 Å². The number of ether oxygens (including phenoxy) is 1. The van der Waals surface area contributed by atoms with Crippen LogP contribution in [0.5, 0.6) is 0 Å². The van der Waals surface area contributed by atoms with Gasteiger partial charge in [-0.15, -0.1) is 0 Å². The van der Waals surface area contributed by atoms with Gasteiger partial charge >= 0.3 is 6.03 Å². The van der Waals surface area contributed by atoms with E-state index in [0.29, 0.717) is 31.9 Å². The summed E-state index contributed by atoms with van der Waals surface area (Å²) in [6.07, 6.45) is 2.09. The Morgan fingerprint density at radius 3 is 2.50 bits per heavy atom. The quantitative estimate of drug-likeness (QED) is 0.115. The highest BCUT2D eigenvalue weighted by molar-refractivity contribution is 8.00. The SMILES string of the molecule is CSC1CC(=O)N(C[C@@H](CC(=O)NC[C@H](C)NC(=O)N(C[C@@H]2CNC[C@@H]2F)[C@@H](c2nc(-c3cc(F)ccc3F)cn2Cc2ccccc2)C2CCOCC2)S(=O)(=O)O)C1=O. The predicted molar refractivity (Wildman–Crippen MR) is 217 cm³/mol. The Balaban J connectivity index is 1.27. The van der Waals surface area contributed by atoms with Crippen molar-refractivity contribution in [2.75, 3.05) is 52.2 Å². The molecule has 3 aliphatic heterocycles. The van der Waals surface area contributed by atoms with Gasteiger partial charge in [0.25, 0.3) is 10.1 Å². The summed E-state index contributed by atoms with van der Waals surface area (Å²) in [6.45, 7) is 2.05. The van der Waals surface area contributed by atoms with Crippen molar-refractivity contribution in [1.29, 1.82) is 0 Å². The largest absolute Gasteiger partial charge is 0.381 e. The molecule has 3 fully saturated rings. The lowest BCUT2D eigenvalue weighted by atomic mass is 9.89. The maximum atomic E-state index is 15.4. The van der Waals surface area contributed by atoms with Crippen molar-refractivity contribution < 1.29 is 50.1 Å². The summed E-state index contributed by atoms with van der Waals surface area (Å²) in [5.74, 6) is -3.88. The maximum Gasteiger partial charge on any atom is 0.318 e. The molecule has 1 aromatic heterocycles. The summed E-state index contributed by atoms with van der Waals surface area (Å²) in [4.78, 5) is 59.9. The molecule has 20 heteroatoms. The second-order valence-corrected chi connectivity index (χ2v) is 18.2. The van der Waals surface area contributed by atoms with E-state index in [-0.39, 0.29) is 56.3 Å². The van der Waals surface area contributed by atoms with Crippen LogP contribution in [0.3, 0.4) is 0 Å². The Bertz CT molecular complexity index is 2130. The number of imidazole rings is 1. The molecule has 1 unspecified atom stereocenters. The van der Waals surface area contributed by atoms with E-state index in [2.05, 4.69) is 16.0 Å². The third-order valence-corrected chi connectivity index (χ3v) is 13.2. The molecule has 326 valence electrons. The Morgan fingerprint density at radius 2 is 1.85 bits per heavy atom. The lowest BCUT2D eigenvalue weighted by Gasteiger charge is -2.40. The molecule has 0 aliphatic carbocycles. The van der Waals surface area contributed by atoms with E-state index in [4.69, 9.17) is 9.72 Å². The molecule has 3 aromatic rings. The monoisotopic (exact) mass is 877 g/mol. The fraction of sp³-hybridized carbons (Fsp3) is 0.525. The Morgan fingerprint density at radius 1 is 1.12 bits per heavy atom. The second-order valence-electron chi connectivity index (χ2n) is 15.5. The Labute approximate surface area is 350 Å². The number of hydrogen-bond acceptors (Lipinski definition) is 10. The molecule has 0 spiro atoms. The van der Waals surface area contributed by atoms with Crippen LogP contribution in [0.4, 0.5) is 18.0 Å². The van der Waals surface area contributed by atoms with Crippen molar-refractivity contribution in [1.82, 2.24) is 35.3 Å². The van der Waals surface area contributed by atoms with Crippen molar-refractivity contribution in [2.45, 2.75) is 67.9 Å². The van der Waals surface area contributed by atoms with Gasteiger partial charge in [0.2, 0.25) is 17.7 Å². The molecule has 5 amide bonds. The van der Waals surface area contributed by atoms with Crippen LogP contribution in [0.2, 0.25) is 0 Å². The first-order valence-corrected chi connectivity index (χ1v) is 22.6. The molecular weight excluding hydrogens is 828 g/mol. The average molecular weight is 878 g/mol. The normalized spacial score (nSPS) is 21.5. The summed E-state index contributed by atoms with van der Waals surface area (Å²) >= 11 is 1.13. The molecule has 3 saturated heterocycles. The van der Waals surface area contributed by atoms with Crippen LogP contribution in [-0.4, -0.2) is 131 Å². The topological polar surface area (TPSA) is 192 Å². The molecule has 0 radical (unpaired) electrons. The standard InChI is InChI=1S/C40H50F3N7O8S2/c1-24(17-45-35(51)15-29(60(55,56)57)22-49-36(52)16-34(59-2)39(49)53)46-40(54)50(21-27-18-44-19-32(27)43)37(26-10-12-58-13-11-26)38-47-33(30-14-28(41)8-9-31(30)42)23-48(38)20-25-6-4-3-5-7-25/h3-9,14,23-24,26-27,29,32,34,37,44H,10-13,15-22H2,1-2H3,(H,45,51)(H,46,54)(H,55,56,57)/t24-,27-,29+,32-,34?,37+/m0/s1. The van der Waals surface area contributed by atoms with Crippen LogP contribution in [0.15, 0.2) is 54.7 Å². The van der Waals surface area contributed by atoms with Gasteiger partial charge in [-0.05, 0) is 55.7 Å². The zero-order valence-electron chi connectivity index (χ0n) is 33.3. The molecule has 0 bridgehead atoms. The van der Waals surface area contributed by atoms with Crippen molar-refractivity contribution in [3.05, 3.63) is 77.8 Å². The van der Waals surface area contributed by atoms with Gasteiger partial charge < -0.3 is 30.2 Å². The lowest BCUT2D eigenvalue weighted by Crippen LogP contribution is -2.53. The first-order chi connectivity index (χ1) is 28.6. The second kappa shape index (κ2) is 19.9. The number of nitrogens with zero attached hydrogens (tertiary/aromatic N) is 4. The molecule has 0 saturated carbocycles. The lowest BCUT2D eigenvalue weighted by molar-refractivity contribution is -0.138. The fourth-order valence-corrected chi connectivity index (χ4v) is 9.21. The summed E-state index contributed by atoms with van der Waals surface area (Å²) in [5.41, 5.74) is 0.941. The van der Waals surface area contributed by atoms with Crippen molar-refractivity contribution >= 4 is 45.6 Å². The number of thioether (sulfide) groups is 1. The number of amides is 5. The van der Waals surface area contributed by atoms with Crippen LogP contribution in [0.1, 0.15) is 50.0 Å². The summed E-state index contributed by atoms with van der Waals surface area (Å²) < 4.78 is 87.1. The first-order valence-electron chi connectivity index (χ1n) is 19.8. The van der Waals surface area contributed by atoms with E-state index in [1.54, 1.807) is 23.9 Å². The molecule has 4 N–H and O–H groups in total. The van der Waals surface area contributed by atoms with Gasteiger partial charge in [-0.3, -0.25) is 23.8 Å². The molecule has 6 rings (SSSR count). The van der Waals surface area contributed by atoms with Crippen molar-refractivity contribution in [3.63, 3.8) is 0 Å². The molecule has 60 heavy (non-hydrogen) atoms. The van der Waals surface area contributed by atoms with E-state index in [1.165, 1.54) is 4.90 Å². The smallest absolute Gasteiger partial charge is 0.318 e. The van der Waals surface area contributed by atoms with Crippen LogP contribution < -0.4 is 16.0 Å². The molecule has 15 nitrogen and oxygen atoms in total. The van der Waals surface area contributed by atoms with Gasteiger partial charge in [-0.2, -0.15) is 20.2 Å². The zero-order valence-corrected chi connectivity index (χ0v) is 34.9. The highest BCUT2D eigenvalue weighted by Crippen LogP contribution is 2.38. The van der Waals surface area contributed by atoms with Gasteiger partial charge in [-0.25, -0.2) is 22.9 Å². The minimum absolute atomic E-state index is 0.0513. The van der Waals surface area contributed by atoms with Gasteiger partial charge in [0.1, 0.15) is 28.9 Å². The molecule has 2 aromatic carbocycles. The number of halogens is 3. The first kappa shape index (κ1) is 45.0. The minimum atomic E-state index is -4.88. The Hall–Kier alpha value is -4.50. The number of carbonyl (C=O) groups is 4. The minimum Gasteiger partial charge on any atom is -0.381 e. The van der Waals surface area contributed by atoms with Gasteiger partial charge in [0, 0.05) is 89.0 Å². The molecule has 4 heterocycles. The van der Waals surface area contributed by atoms with E-state index in [0.717, 1.165) is 40.4 Å². The zero-order chi connectivity index (χ0) is 43.1. The predicted octanol–water partition coefficient (Wildman–Crippen LogP) is 3.56. The van der Waals surface area contributed by atoms with Gasteiger partial charge in [0.15, 0.2) is 0 Å². The fourth-order valence-electron chi connectivity index (χ4n) is 7.88. The number of imide groups is 1. The number of likely N-dealkylation sites (tertiary alicyclic amines) is 1.